The van der Waals surface area contributed by atoms with Crippen molar-refractivity contribution in [1.29, 1.82) is 0 Å². The first kappa shape index (κ1) is 14.3. The molecule has 6 heteroatoms. The molecule has 0 saturated heterocycles. The maximum atomic E-state index is 11.7. The smallest absolute Gasteiger partial charge is 0.177 e. The lowest BCUT2D eigenvalue weighted by molar-refractivity contribution is 0.464. The maximum Gasteiger partial charge on any atom is 0.177 e. The Labute approximate surface area is 118 Å². The van der Waals surface area contributed by atoms with E-state index in [9.17, 15) is 13.5 Å². The Balaban J connectivity index is 2.26. The van der Waals surface area contributed by atoms with Gasteiger partial charge in [-0.1, -0.05) is 12.1 Å². The van der Waals surface area contributed by atoms with Crippen molar-refractivity contribution >= 4 is 15.5 Å². The third-order valence-corrected chi connectivity index (χ3v) is 3.98. The molecule has 0 bridgehead atoms. The summed E-state index contributed by atoms with van der Waals surface area (Å²) in [7, 11) is -3.30. The summed E-state index contributed by atoms with van der Waals surface area (Å²) in [5.41, 5.74) is 1.77. The van der Waals surface area contributed by atoms with Gasteiger partial charge < -0.3 is 10.4 Å². The molecule has 0 unspecified atom stereocenters. The number of aromatic nitrogens is 1. The highest BCUT2D eigenvalue weighted by molar-refractivity contribution is 7.90. The number of hydrogen-bond acceptors (Lipinski definition) is 5. The summed E-state index contributed by atoms with van der Waals surface area (Å²) in [6.45, 7) is 2.08. The number of nitrogens with one attached hydrogen (secondary N) is 1. The van der Waals surface area contributed by atoms with Crippen LogP contribution in [0.5, 0.6) is 5.75 Å². The van der Waals surface area contributed by atoms with E-state index in [1.807, 2.05) is 6.92 Å². The Bertz CT molecular complexity index is 727. The van der Waals surface area contributed by atoms with E-state index in [0.29, 0.717) is 11.4 Å². The first-order valence-electron chi connectivity index (χ1n) is 6.06. The third kappa shape index (κ3) is 3.27. The van der Waals surface area contributed by atoms with E-state index in [1.54, 1.807) is 36.4 Å². The molecule has 1 aromatic heterocycles. The van der Waals surface area contributed by atoms with Gasteiger partial charge in [-0.2, -0.15) is 0 Å². The van der Waals surface area contributed by atoms with Crippen molar-refractivity contribution in [3.63, 3.8) is 0 Å². The van der Waals surface area contributed by atoms with Crippen LogP contribution in [0.2, 0.25) is 0 Å². The number of aromatic hydroxyl groups is 1. The highest BCUT2D eigenvalue weighted by atomic mass is 32.2. The van der Waals surface area contributed by atoms with Crippen LogP contribution in [0, 0.1) is 6.92 Å². The lowest BCUT2D eigenvalue weighted by Crippen LogP contribution is -2.07. The average Bonchev–Trinajstić information content (AvgIpc) is 2.39. The standard InChI is InChI=1S/C14H16N2O3S/c1-10-7-8-13(17)12(16-10)9-15-11-5-3-4-6-14(11)20(2,18)19/h3-8,15,17H,9H2,1-2H3. The highest BCUT2D eigenvalue weighted by Crippen LogP contribution is 2.22. The molecule has 0 aliphatic rings. The normalized spacial score (nSPS) is 11.3. The van der Waals surface area contributed by atoms with Crippen LogP contribution in [-0.2, 0) is 16.4 Å². The molecule has 0 spiro atoms. The topological polar surface area (TPSA) is 79.3 Å². The predicted octanol–water partition coefficient (Wildman–Crippen LogP) is 2.11. The molecule has 1 aromatic carbocycles. The molecule has 0 atom stereocenters. The number of aryl methyl sites for hydroxylation is 1. The van der Waals surface area contributed by atoms with E-state index in [-0.39, 0.29) is 17.2 Å². The minimum Gasteiger partial charge on any atom is -0.506 e. The lowest BCUT2D eigenvalue weighted by Gasteiger charge is -2.11. The summed E-state index contributed by atoms with van der Waals surface area (Å²) in [5.74, 6) is 0.0833. The van der Waals surface area contributed by atoms with Crippen LogP contribution >= 0.6 is 0 Å². The van der Waals surface area contributed by atoms with Crippen LogP contribution < -0.4 is 5.32 Å². The molecule has 1 heterocycles. The molecule has 0 amide bonds. The lowest BCUT2D eigenvalue weighted by atomic mass is 10.2. The monoisotopic (exact) mass is 292 g/mol. The number of sulfone groups is 1. The molecule has 0 fully saturated rings. The van der Waals surface area contributed by atoms with Crippen molar-refractivity contribution in [3.05, 3.63) is 47.8 Å². The molecule has 20 heavy (non-hydrogen) atoms. The zero-order valence-corrected chi connectivity index (χ0v) is 12.1. The highest BCUT2D eigenvalue weighted by Gasteiger charge is 2.12. The van der Waals surface area contributed by atoms with Crippen molar-refractivity contribution in [1.82, 2.24) is 4.98 Å². The number of hydrogen-bond donors (Lipinski definition) is 2. The van der Waals surface area contributed by atoms with E-state index in [2.05, 4.69) is 10.3 Å². The Morgan fingerprint density at radius 2 is 1.90 bits per heavy atom. The number of rotatable bonds is 4. The summed E-state index contributed by atoms with van der Waals surface area (Å²) in [5, 5.41) is 12.7. The fraction of sp³-hybridized carbons (Fsp3) is 0.214. The van der Waals surface area contributed by atoms with Gasteiger partial charge in [0.15, 0.2) is 9.84 Å². The van der Waals surface area contributed by atoms with Gasteiger partial charge in [-0.15, -0.1) is 0 Å². The summed E-state index contributed by atoms with van der Waals surface area (Å²) < 4.78 is 23.4. The van der Waals surface area contributed by atoms with Crippen molar-refractivity contribution in [2.75, 3.05) is 11.6 Å². The molecule has 2 N–H and O–H groups in total. The number of pyridine rings is 1. The number of anilines is 1. The zero-order valence-electron chi connectivity index (χ0n) is 11.3. The molecule has 0 aliphatic heterocycles. The molecule has 5 nitrogen and oxygen atoms in total. The Morgan fingerprint density at radius 1 is 1.20 bits per heavy atom. The number of para-hydroxylation sites is 1. The van der Waals surface area contributed by atoms with Crippen LogP contribution in [0.4, 0.5) is 5.69 Å². The van der Waals surface area contributed by atoms with Crippen LogP contribution in [0.1, 0.15) is 11.4 Å². The van der Waals surface area contributed by atoms with Crippen molar-refractivity contribution in [2.24, 2.45) is 0 Å². The quantitative estimate of drug-likeness (QED) is 0.902. The SMILES string of the molecule is Cc1ccc(O)c(CNc2ccccc2S(C)(=O)=O)n1. The molecule has 2 aromatic rings. The molecule has 0 radical (unpaired) electrons. The van der Waals surface area contributed by atoms with E-state index in [1.165, 1.54) is 0 Å². The first-order chi connectivity index (χ1) is 9.38. The third-order valence-electron chi connectivity index (χ3n) is 2.82. The van der Waals surface area contributed by atoms with Gasteiger partial charge in [0.25, 0.3) is 0 Å². The second kappa shape index (κ2) is 5.50. The fourth-order valence-electron chi connectivity index (χ4n) is 1.85. The summed E-state index contributed by atoms with van der Waals surface area (Å²) in [6.07, 6.45) is 1.16. The average molecular weight is 292 g/mol. The van der Waals surface area contributed by atoms with Gasteiger partial charge in [0.2, 0.25) is 0 Å². The largest absolute Gasteiger partial charge is 0.506 e. The summed E-state index contributed by atoms with van der Waals surface area (Å²) in [6, 6.07) is 9.93. The van der Waals surface area contributed by atoms with Crippen LogP contribution in [0.25, 0.3) is 0 Å². The van der Waals surface area contributed by atoms with Gasteiger partial charge in [0.1, 0.15) is 11.4 Å². The molecule has 106 valence electrons. The first-order valence-corrected chi connectivity index (χ1v) is 7.95. The number of nitrogens with zero attached hydrogens (tertiary/aromatic N) is 1. The molecule has 0 saturated carbocycles. The molecular formula is C14H16N2O3S. The summed E-state index contributed by atoms with van der Waals surface area (Å²) >= 11 is 0. The van der Waals surface area contributed by atoms with Crippen molar-refractivity contribution < 1.29 is 13.5 Å². The summed E-state index contributed by atoms with van der Waals surface area (Å²) in [4.78, 5) is 4.45. The van der Waals surface area contributed by atoms with Gasteiger partial charge in [0, 0.05) is 11.9 Å². The van der Waals surface area contributed by atoms with Gasteiger partial charge in [-0.05, 0) is 31.2 Å². The van der Waals surface area contributed by atoms with E-state index in [4.69, 9.17) is 0 Å². The molecule has 0 aliphatic carbocycles. The molecular weight excluding hydrogens is 276 g/mol. The Kier molecular flexibility index (Phi) is 3.94. The van der Waals surface area contributed by atoms with E-state index in [0.717, 1.165) is 11.9 Å². The molecule has 2 rings (SSSR count). The van der Waals surface area contributed by atoms with Gasteiger partial charge in [-0.25, -0.2) is 8.42 Å². The minimum absolute atomic E-state index is 0.0833. The van der Waals surface area contributed by atoms with Crippen LogP contribution in [0.3, 0.4) is 0 Å². The second-order valence-electron chi connectivity index (χ2n) is 4.54. The zero-order chi connectivity index (χ0) is 14.8. The van der Waals surface area contributed by atoms with Gasteiger partial charge in [-0.3, -0.25) is 4.98 Å². The fourth-order valence-corrected chi connectivity index (χ4v) is 2.71. The van der Waals surface area contributed by atoms with Crippen LogP contribution in [0.15, 0.2) is 41.3 Å². The predicted molar refractivity (Wildman–Crippen MR) is 77.5 cm³/mol. The van der Waals surface area contributed by atoms with E-state index < -0.39 is 9.84 Å². The van der Waals surface area contributed by atoms with Crippen LogP contribution in [-0.4, -0.2) is 24.8 Å². The van der Waals surface area contributed by atoms with Gasteiger partial charge >= 0.3 is 0 Å². The second-order valence-corrected chi connectivity index (χ2v) is 6.52. The maximum absolute atomic E-state index is 11.7. The van der Waals surface area contributed by atoms with Gasteiger partial charge in [0.05, 0.1) is 17.1 Å². The van der Waals surface area contributed by atoms with Crippen molar-refractivity contribution in [3.8, 4) is 5.75 Å². The minimum atomic E-state index is -3.30. The van der Waals surface area contributed by atoms with Crippen molar-refractivity contribution in [2.45, 2.75) is 18.4 Å². The Morgan fingerprint density at radius 3 is 2.60 bits per heavy atom. The Hall–Kier alpha value is -2.08. The number of benzene rings is 1. The van der Waals surface area contributed by atoms with E-state index >= 15 is 0 Å².